The van der Waals surface area contributed by atoms with Gasteiger partial charge in [-0.3, -0.25) is 14.4 Å². The Hall–Kier alpha value is -5.01. The highest BCUT2D eigenvalue weighted by atomic mass is 19.4. The molecule has 4 amide bonds. The molecule has 216 valence electrons. The largest absolute Gasteiger partial charge is 0.483 e. The van der Waals surface area contributed by atoms with Gasteiger partial charge in [0.25, 0.3) is 0 Å². The molecule has 4 rings (SSSR count). The topological polar surface area (TPSA) is 140 Å². The van der Waals surface area contributed by atoms with Gasteiger partial charge < -0.3 is 30.8 Å². The summed E-state index contributed by atoms with van der Waals surface area (Å²) < 4.78 is 44.5. The summed E-state index contributed by atoms with van der Waals surface area (Å²) in [7, 11) is 0. The molecule has 2 atom stereocenters. The highest BCUT2D eigenvalue weighted by molar-refractivity contribution is 5.94. The second-order valence-electron chi connectivity index (χ2n) is 8.98. The van der Waals surface area contributed by atoms with Gasteiger partial charge in [-0.25, -0.2) is 4.79 Å². The van der Waals surface area contributed by atoms with Gasteiger partial charge in [0.1, 0.15) is 19.3 Å². The molecule has 1 saturated heterocycles. The SMILES string of the molecule is O=C(NCc1cc(=O)c(OCc2ccccc2)cn1OCc1ccccc1)NC[C@H]1NC(=O)[C@H]1NC(=O)C(F)(F)F. The Labute approximate surface area is 231 Å². The zero-order valence-electron chi connectivity index (χ0n) is 21.4. The number of nitrogens with one attached hydrogen (secondary N) is 4. The van der Waals surface area contributed by atoms with Gasteiger partial charge in [-0.15, -0.1) is 0 Å². The molecule has 0 spiro atoms. The first-order chi connectivity index (χ1) is 19.6. The van der Waals surface area contributed by atoms with E-state index in [1.54, 1.807) is 5.32 Å². The molecule has 1 aliphatic rings. The van der Waals surface area contributed by atoms with Gasteiger partial charge in [0, 0.05) is 12.6 Å². The Morgan fingerprint density at radius 1 is 0.927 bits per heavy atom. The Bertz CT molecular complexity index is 1430. The highest BCUT2D eigenvalue weighted by Crippen LogP contribution is 2.16. The average molecular weight is 574 g/mol. The van der Waals surface area contributed by atoms with Crippen LogP contribution in [0.5, 0.6) is 5.75 Å². The number of alkyl halides is 3. The number of carbonyl (C=O) groups is 3. The van der Waals surface area contributed by atoms with Crippen molar-refractivity contribution < 1.29 is 37.1 Å². The minimum absolute atomic E-state index is 0.0304. The van der Waals surface area contributed by atoms with Crippen LogP contribution in [0.2, 0.25) is 0 Å². The van der Waals surface area contributed by atoms with Gasteiger partial charge in [-0.1, -0.05) is 60.7 Å². The monoisotopic (exact) mass is 573 g/mol. The first-order valence-electron chi connectivity index (χ1n) is 12.4. The summed E-state index contributed by atoms with van der Waals surface area (Å²) in [5, 5.41) is 8.84. The number of halogens is 3. The number of ether oxygens (including phenoxy) is 1. The quantitative estimate of drug-likeness (QED) is 0.256. The van der Waals surface area contributed by atoms with Gasteiger partial charge in [0.05, 0.1) is 24.5 Å². The lowest BCUT2D eigenvalue weighted by atomic mass is 9.99. The molecule has 41 heavy (non-hydrogen) atoms. The van der Waals surface area contributed by atoms with Crippen LogP contribution in [-0.2, 0) is 29.3 Å². The Kier molecular flexibility index (Phi) is 9.12. The lowest BCUT2D eigenvalue weighted by Gasteiger charge is -2.37. The second kappa shape index (κ2) is 12.9. The van der Waals surface area contributed by atoms with Crippen molar-refractivity contribution in [2.45, 2.75) is 38.0 Å². The molecule has 3 aromatic rings. The van der Waals surface area contributed by atoms with Crippen molar-refractivity contribution in [1.82, 2.24) is 26.0 Å². The van der Waals surface area contributed by atoms with Crippen LogP contribution in [0.25, 0.3) is 0 Å². The number of carbonyl (C=O) groups excluding carboxylic acids is 3. The van der Waals surface area contributed by atoms with Crippen LogP contribution in [0.4, 0.5) is 18.0 Å². The normalized spacial score (nSPS) is 16.1. The van der Waals surface area contributed by atoms with E-state index < -0.39 is 41.5 Å². The van der Waals surface area contributed by atoms with Crippen LogP contribution in [0.1, 0.15) is 16.8 Å². The smallest absolute Gasteiger partial charge is 0.471 e. The first-order valence-corrected chi connectivity index (χ1v) is 12.4. The fraction of sp³-hybridized carbons (Fsp3) is 0.259. The number of amides is 4. The fourth-order valence-electron chi connectivity index (χ4n) is 3.79. The highest BCUT2D eigenvalue weighted by Gasteiger charge is 2.46. The summed E-state index contributed by atoms with van der Waals surface area (Å²) in [5.74, 6) is -3.02. The number of nitrogens with zero attached hydrogens (tertiary/aromatic N) is 1. The van der Waals surface area contributed by atoms with Crippen LogP contribution in [0, 0.1) is 0 Å². The third-order valence-electron chi connectivity index (χ3n) is 5.98. The summed E-state index contributed by atoms with van der Waals surface area (Å²) in [5.41, 5.74) is 1.54. The Morgan fingerprint density at radius 2 is 1.56 bits per heavy atom. The van der Waals surface area contributed by atoms with Crippen molar-refractivity contribution in [2.75, 3.05) is 6.54 Å². The van der Waals surface area contributed by atoms with Gasteiger partial charge in [0.2, 0.25) is 11.3 Å². The molecule has 1 aromatic heterocycles. The maximum Gasteiger partial charge on any atom is 0.471 e. The summed E-state index contributed by atoms with van der Waals surface area (Å²) in [6.07, 6.45) is -3.77. The van der Waals surface area contributed by atoms with E-state index in [0.717, 1.165) is 11.1 Å². The van der Waals surface area contributed by atoms with Gasteiger partial charge in [-0.2, -0.15) is 17.9 Å². The van der Waals surface area contributed by atoms with Crippen molar-refractivity contribution in [2.24, 2.45) is 0 Å². The van der Waals surface area contributed by atoms with Gasteiger partial charge in [0.15, 0.2) is 5.75 Å². The van der Waals surface area contributed by atoms with Crippen LogP contribution in [0.3, 0.4) is 0 Å². The van der Waals surface area contributed by atoms with Crippen molar-refractivity contribution in [3.63, 3.8) is 0 Å². The number of hydrogen-bond donors (Lipinski definition) is 4. The predicted molar refractivity (Wildman–Crippen MR) is 138 cm³/mol. The predicted octanol–water partition coefficient (Wildman–Crippen LogP) is 1.40. The van der Waals surface area contributed by atoms with Gasteiger partial charge >= 0.3 is 18.1 Å². The standard InChI is InChI=1S/C27H26F3N5O6/c28-27(29,30)25(38)34-23-20(33-24(23)37)13-32-26(39)31-12-19-11-21(36)22(40-15-17-7-3-1-4-8-17)14-35(19)41-16-18-9-5-2-6-10-18/h1-11,14,20,23H,12-13,15-16H2,(H,33,37)(H,34,38)(H2,31,32,39)/t20-,23+/m1/s1. The molecule has 4 N–H and O–H groups in total. The molecule has 1 aliphatic heterocycles. The van der Waals surface area contributed by atoms with Crippen LogP contribution in [0.15, 0.2) is 77.7 Å². The minimum Gasteiger partial charge on any atom is -0.483 e. The van der Waals surface area contributed by atoms with E-state index >= 15 is 0 Å². The maximum absolute atomic E-state index is 12.7. The summed E-state index contributed by atoms with van der Waals surface area (Å²) >= 11 is 0. The molecule has 0 bridgehead atoms. The molecule has 0 radical (unpaired) electrons. The Balaban J connectivity index is 1.37. The van der Waals surface area contributed by atoms with E-state index in [-0.39, 0.29) is 37.7 Å². The number of benzene rings is 2. The van der Waals surface area contributed by atoms with E-state index in [2.05, 4.69) is 16.0 Å². The molecular formula is C27H26F3N5O6. The maximum atomic E-state index is 12.7. The van der Waals surface area contributed by atoms with Crippen LogP contribution < -0.4 is 36.3 Å². The summed E-state index contributed by atoms with van der Waals surface area (Å²) in [4.78, 5) is 53.7. The van der Waals surface area contributed by atoms with Gasteiger partial charge in [-0.05, 0) is 11.1 Å². The van der Waals surface area contributed by atoms with E-state index in [1.165, 1.54) is 17.0 Å². The molecule has 11 nitrogen and oxygen atoms in total. The molecule has 0 saturated carbocycles. The lowest BCUT2D eigenvalue weighted by molar-refractivity contribution is -0.175. The van der Waals surface area contributed by atoms with E-state index in [4.69, 9.17) is 9.57 Å². The minimum atomic E-state index is -5.15. The van der Waals surface area contributed by atoms with E-state index in [1.807, 2.05) is 60.7 Å². The Morgan fingerprint density at radius 3 is 2.17 bits per heavy atom. The number of β-lactam (4-membered cyclic amide) rings is 1. The fourth-order valence-corrected chi connectivity index (χ4v) is 3.79. The average Bonchev–Trinajstić information content (AvgIpc) is 2.96. The van der Waals surface area contributed by atoms with Crippen LogP contribution in [-0.4, -0.2) is 47.4 Å². The second-order valence-corrected chi connectivity index (χ2v) is 8.98. The number of pyridine rings is 1. The number of urea groups is 1. The van der Waals surface area contributed by atoms with E-state index in [0.29, 0.717) is 0 Å². The van der Waals surface area contributed by atoms with Crippen LogP contribution >= 0.6 is 0 Å². The summed E-state index contributed by atoms with van der Waals surface area (Å²) in [6, 6.07) is 16.6. The van der Waals surface area contributed by atoms with Crippen molar-refractivity contribution in [3.8, 4) is 5.75 Å². The van der Waals surface area contributed by atoms with E-state index in [9.17, 15) is 32.3 Å². The zero-order chi connectivity index (χ0) is 29.4. The zero-order valence-corrected chi connectivity index (χ0v) is 21.4. The molecule has 1 fully saturated rings. The molecule has 2 heterocycles. The van der Waals surface area contributed by atoms with Crippen molar-refractivity contribution >= 4 is 17.8 Å². The number of hydrogen-bond acceptors (Lipinski definition) is 6. The number of aromatic nitrogens is 1. The third kappa shape index (κ3) is 8.00. The summed E-state index contributed by atoms with van der Waals surface area (Å²) in [6.45, 7) is -0.131. The molecule has 2 aromatic carbocycles. The number of rotatable bonds is 11. The third-order valence-corrected chi connectivity index (χ3v) is 5.98. The lowest BCUT2D eigenvalue weighted by Crippen LogP contribution is -2.72. The molecule has 14 heteroatoms. The van der Waals surface area contributed by atoms with Crippen molar-refractivity contribution in [1.29, 1.82) is 0 Å². The van der Waals surface area contributed by atoms with Crippen molar-refractivity contribution in [3.05, 3.63) is 100.0 Å². The first kappa shape index (κ1) is 29.0. The molecule has 0 aliphatic carbocycles. The molecular weight excluding hydrogens is 547 g/mol. The molecule has 0 unspecified atom stereocenters.